The second-order valence-electron chi connectivity index (χ2n) is 3.99. The molecule has 1 aliphatic rings. The number of carbonyl (C=O) groups excluding carboxylic acids is 1. The van der Waals surface area contributed by atoms with Crippen LogP contribution in [0.2, 0.25) is 0 Å². The van der Waals surface area contributed by atoms with E-state index >= 15 is 0 Å². The molecule has 1 aromatic carbocycles. The normalized spacial score (nSPS) is 14.6. The van der Waals surface area contributed by atoms with Gasteiger partial charge in [0.1, 0.15) is 6.21 Å². The topological polar surface area (TPSA) is 61.7 Å². The fourth-order valence-corrected chi connectivity index (χ4v) is 2.73. The molecule has 0 radical (unpaired) electrons. The predicted octanol–water partition coefficient (Wildman–Crippen LogP) is 2.73. The maximum absolute atomic E-state index is 11.4. The van der Waals surface area contributed by atoms with Gasteiger partial charge in [0, 0.05) is 10.2 Å². The number of halogens is 1. The van der Waals surface area contributed by atoms with Crippen LogP contribution in [0.3, 0.4) is 0 Å². The minimum atomic E-state index is -0.414. The fourth-order valence-electron chi connectivity index (χ4n) is 2.16. The highest BCUT2D eigenvalue weighted by Crippen LogP contribution is 2.33. The number of oxime groups is 1. The third-order valence-electron chi connectivity index (χ3n) is 2.91. The molecule has 0 aliphatic heterocycles. The van der Waals surface area contributed by atoms with Crippen molar-refractivity contribution in [3.63, 3.8) is 0 Å². The number of hydrogen-bond acceptors (Lipinski definition) is 3. The Morgan fingerprint density at radius 2 is 2.06 bits per heavy atom. The van der Waals surface area contributed by atoms with Crippen LogP contribution in [0.4, 0.5) is 5.69 Å². The van der Waals surface area contributed by atoms with Crippen molar-refractivity contribution in [3.05, 3.63) is 27.7 Å². The van der Waals surface area contributed by atoms with Crippen LogP contribution in [0.15, 0.2) is 21.8 Å². The minimum absolute atomic E-state index is 0.414. The highest BCUT2D eigenvalue weighted by atomic mass is 79.9. The lowest BCUT2D eigenvalue weighted by Crippen LogP contribution is -2.16. The second-order valence-corrected chi connectivity index (χ2v) is 4.85. The Labute approximate surface area is 108 Å². The van der Waals surface area contributed by atoms with Gasteiger partial charge in [0.2, 0.25) is 0 Å². The highest BCUT2D eigenvalue weighted by molar-refractivity contribution is 9.10. The molecule has 2 rings (SSSR count). The van der Waals surface area contributed by atoms with Crippen molar-refractivity contribution < 1.29 is 10.0 Å². The SMILES string of the molecule is O=C(C=NO)Nc1ccc(Br)c2c1CCCC2. The molecule has 1 amide bonds. The van der Waals surface area contributed by atoms with Crippen molar-refractivity contribution >= 4 is 33.7 Å². The monoisotopic (exact) mass is 296 g/mol. The Kier molecular flexibility index (Phi) is 3.78. The summed E-state index contributed by atoms with van der Waals surface area (Å²) < 4.78 is 1.10. The van der Waals surface area contributed by atoms with E-state index in [4.69, 9.17) is 5.21 Å². The number of nitrogens with one attached hydrogen (secondary N) is 1. The number of rotatable bonds is 2. The van der Waals surface area contributed by atoms with E-state index in [-0.39, 0.29) is 0 Å². The van der Waals surface area contributed by atoms with Gasteiger partial charge in [-0.2, -0.15) is 0 Å². The number of anilines is 1. The number of amides is 1. The Balaban J connectivity index is 2.32. The summed E-state index contributed by atoms with van der Waals surface area (Å²) in [6, 6.07) is 3.81. The van der Waals surface area contributed by atoms with Crippen LogP contribution >= 0.6 is 15.9 Å². The fraction of sp³-hybridized carbons (Fsp3) is 0.333. The largest absolute Gasteiger partial charge is 0.411 e. The van der Waals surface area contributed by atoms with Crippen molar-refractivity contribution in [1.29, 1.82) is 0 Å². The molecule has 0 fully saturated rings. The van der Waals surface area contributed by atoms with E-state index in [1.54, 1.807) is 0 Å². The molecule has 0 unspecified atom stereocenters. The molecule has 1 aliphatic carbocycles. The second kappa shape index (κ2) is 5.31. The summed E-state index contributed by atoms with van der Waals surface area (Å²) in [6.45, 7) is 0. The van der Waals surface area contributed by atoms with Crippen molar-refractivity contribution in [2.75, 3.05) is 5.32 Å². The molecule has 0 saturated carbocycles. The third-order valence-corrected chi connectivity index (χ3v) is 3.65. The number of carbonyl (C=O) groups is 1. The molecule has 90 valence electrons. The summed E-state index contributed by atoms with van der Waals surface area (Å²) >= 11 is 3.53. The van der Waals surface area contributed by atoms with Crippen LogP contribution in [0, 0.1) is 0 Å². The lowest BCUT2D eigenvalue weighted by molar-refractivity contribution is -0.110. The van der Waals surface area contributed by atoms with E-state index in [9.17, 15) is 4.79 Å². The number of benzene rings is 1. The molecular formula is C12H13BrN2O2. The van der Waals surface area contributed by atoms with Gasteiger partial charge in [-0.25, -0.2) is 0 Å². The lowest BCUT2D eigenvalue weighted by Gasteiger charge is -2.20. The summed E-state index contributed by atoms with van der Waals surface area (Å²) in [6.07, 6.45) is 5.19. The maximum Gasteiger partial charge on any atom is 0.270 e. The number of nitrogens with zero attached hydrogens (tertiary/aromatic N) is 1. The molecule has 0 aromatic heterocycles. The van der Waals surface area contributed by atoms with E-state index in [1.807, 2.05) is 12.1 Å². The molecule has 4 nitrogen and oxygen atoms in total. The summed E-state index contributed by atoms with van der Waals surface area (Å²) in [5.74, 6) is -0.414. The summed E-state index contributed by atoms with van der Waals surface area (Å²) in [4.78, 5) is 11.4. The van der Waals surface area contributed by atoms with Gasteiger partial charge < -0.3 is 10.5 Å². The summed E-state index contributed by atoms with van der Waals surface area (Å²) in [7, 11) is 0. The van der Waals surface area contributed by atoms with Gasteiger partial charge in [0.25, 0.3) is 5.91 Å². The quantitative estimate of drug-likeness (QED) is 0.501. The minimum Gasteiger partial charge on any atom is -0.411 e. The van der Waals surface area contributed by atoms with Crippen molar-refractivity contribution in [2.45, 2.75) is 25.7 Å². The van der Waals surface area contributed by atoms with Gasteiger partial charge in [-0.3, -0.25) is 4.79 Å². The van der Waals surface area contributed by atoms with E-state index in [0.717, 1.165) is 35.6 Å². The van der Waals surface area contributed by atoms with Crippen LogP contribution in [0.25, 0.3) is 0 Å². The van der Waals surface area contributed by atoms with Gasteiger partial charge in [0.05, 0.1) is 0 Å². The van der Waals surface area contributed by atoms with Gasteiger partial charge in [-0.05, 0) is 48.9 Å². The molecule has 1 aromatic rings. The van der Waals surface area contributed by atoms with Gasteiger partial charge in [-0.1, -0.05) is 21.1 Å². The summed E-state index contributed by atoms with van der Waals surface area (Å²) in [5, 5.41) is 13.7. The lowest BCUT2D eigenvalue weighted by atomic mass is 9.90. The van der Waals surface area contributed by atoms with Crippen LogP contribution in [-0.2, 0) is 17.6 Å². The number of hydrogen-bond donors (Lipinski definition) is 2. The standard InChI is InChI=1S/C12H13BrN2O2/c13-10-5-6-11(15-12(16)7-14-17)9-4-2-1-3-8(9)10/h5-7,17H,1-4H2,(H,15,16). The third kappa shape index (κ3) is 2.66. The van der Waals surface area contributed by atoms with Gasteiger partial charge in [-0.15, -0.1) is 0 Å². The first kappa shape index (κ1) is 12.1. The maximum atomic E-state index is 11.4. The Bertz CT molecular complexity index is 472. The predicted molar refractivity (Wildman–Crippen MR) is 69.7 cm³/mol. The molecule has 5 heteroatoms. The zero-order chi connectivity index (χ0) is 12.3. The smallest absolute Gasteiger partial charge is 0.270 e. The molecule has 0 atom stereocenters. The van der Waals surface area contributed by atoms with Crippen LogP contribution in [0.1, 0.15) is 24.0 Å². The van der Waals surface area contributed by atoms with Crippen molar-refractivity contribution in [1.82, 2.24) is 0 Å². The zero-order valence-electron chi connectivity index (χ0n) is 9.24. The Hall–Kier alpha value is -1.36. The number of fused-ring (bicyclic) bond motifs is 1. The average Bonchev–Trinajstić information content (AvgIpc) is 2.34. The van der Waals surface area contributed by atoms with Crippen LogP contribution < -0.4 is 5.32 Å². The Morgan fingerprint density at radius 1 is 1.35 bits per heavy atom. The molecule has 0 spiro atoms. The molecule has 0 bridgehead atoms. The Morgan fingerprint density at radius 3 is 2.76 bits per heavy atom. The van der Waals surface area contributed by atoms with E-state index < -0.39 is 5.91 Å². The molecule has 2 N–H and O–H groups in total. The van der Waals surface area contributed by atoms with E-state index in [1.165, 1.54) is 17.5 Å². The van der Waals surface area contributed by atoms with Crippen LogP contribution in [-0.4, -0.2) is 17.3 Å². The van der Waals surface area contributed by atoms with E-state index in [0.29, 0.717) is 0 Å². The van der Waals surface area contributed by atoms with E-state index in [2.05, 4.69) is 26.4 Å². The molecular weight excluding hydrogens is 284 g/mol. The van der Waals surface area contributed by atoms with Crippen LogP contribution in [0.5, 0.6) is 0 Å². The first-order valence-corrected chi connectivity index (χ1v) is 6.30. The highest BCUT2D eigenvalue weighted by Gasteiger charge is 2.16. The molecule has 0 saturated heterocycles. The molecule has 0 heterocycles. The average molecular weight is 297 g/mol. The first-order chi connectivity index (χ1) is 8.22. The summed E-state index contributed by atoms with van der Waals surface area (Å²) in [5.41, 5.74) is 3.27. The molecule has 17 heavy (non-hydrogen) atoms. The zero-order valence-corrected chi connectivity index (χ0v) is 10.8. The van der Waals surface area contributed by atoms with Crippen molar-refractivity contribution in [2.24, 2.45) is 5.16 Å². The van der Waals surface area contributed by atoms with Crippen molar-refractivity contribution in [3.8, 4) is 0 Å². The van der Waals surface area contributed by atoms with Gasteiger partial charge in [0.15, 0.2) is 0 Å². The first-order valence-electron chi connectivity index (χ1n) is 5.51. The van der Waals surface area contributed by atoms with Gasteiger partial charge >= 0.3 is 0 Å².